The molecule has 0 fully saturated rings. The van der Waals surface area contributed by atoms with E-state index in [0.717, 1.165) is 17.5 Å². The first-order valence-corrected chi connectivity index (χ1v) is 8.85. The molecule has 0 bridgehead atoms. The number of benzene rings is 2. The van der Waals surface area contributed by atoms with Crippen LogP contribution in [0.5, 0.6) is 5.75 Å². The highest BCUT2D eigenvalue weighted by Gasteiger charge is 2.22. The van der Waals surface area contributed by atoms with E-state index in [1.54, 1.807) is 18.2 Å². The van der Waals surface area contributed by atoms with Crippen LogP contribution in [0.2, 0.25) is 0 Å². The number of sulfonamides is 1. The predicted octanol–water partition coefficient (Wildman–Crippen LogP) is 4.03. The zero-order chi connectivity index (χ0) is 17.0. The molecule has 23 heavy (non-hydrogen) atoms. The number of anilines is 1. The van der Waals surface area contributed by atoms with Crippen molar-refractivity contribution in [2.24, 2.45) is 0 Å². The monoisotopic (exact) mass is 337 g/mol. The number of halogens is 1. The first-order chi connectivity index (χ1) is 10.8. The fourth-order valence-electron chi connectivity index (χ4n) is 2.04. The van der Waals surface area contributed by atoms with Crippen molar-refractivity contribution in [1.82, 2.24) is 0 Å². The molecular formula is C17H20FNO3S. The summed E-state index contributed by atoms with van der Waals surface area (Å²) in [6.45, 7) is 6.05. The van der Waals surface area contributed by atoms with Crippen LogP contribution in [0.3, 0.4) is 0 Å². The summed E-state index contributed by atoms with van der Waals surface area (Å²) in [5, 5.41) is 0. The molecule has 0 aliphatic heterocycles. The van der Waals surface area contributed by atoms with E-state index in [2.05, 4.69) is 4.72 Å². The number of aryl methyl sites for hydroxylation is 2. The molecule has 0 aliphatic carbocycles. The van der Waals surface area contributed by atoms with Crippen LogP contribution in [-0.4, -0.2) is 15.0 Å². The summed E-state index contributed by atoms with van der Waals surface area (Å²) in [6, 6.07) is 8.88. The minimum absolute atomic E-state index is 0.0114. The third-order valence-electron chi connectivity index (χ3n) is 3.43. The Morgan fingerprint density at radius 1 is 1.13 bits per heavy atom. The highest BCUT2D eigenvalue weighted by atomic mass is 32.2. The molecule has 0 spiro atoms. The fraction of sp³-hybridized carbons (Fsp3) is 0.294. The Morgan fingerprint density at radius 3 is 2.43 bits per heavy atom. The topological polar surface area (TPSA) is 55.4 Å². The lowest BCUT2D eigenvalue weighted by Crippen LogP contribution is -2.16. The maximum Gasteiger partial charge on any atom is 0.265 e. The zero-order valence-electron chi connectivity index (χ0n) is 13.4. The molecule has 0 saturated carbocycles. The third-order valence-corrected chi connectivity index (χ3v) is 4.82. The molecule has 2 aromatic carbocycles. The van der Waals surface area contributed by atoms with Crippen LogP contribution in [0.15, 0.2) is 41.3 Å². The van der Waals surface area contributed by atoms with Crippen LogP contribution in [0.25, 0.3) is 0 Å². The van der Waals surface area contributed by atoms with E-state index in [1.165, 1.54) is 18.2 Å². The largest absolute Gasteiger partial charge is 0.492 e. The highest BCUT2D eigenvalue weighted by molar-refractivity contribution is 7.92. The van der Waals surface area contributed by atoms with Gasteiger partial charge in [0, 0.05) is 0 Å². The van der Waals surface area contributed by atoms with Crippen molar-refractivity contribution in [1.29, 1.82) is 0 Å². The molecule has 1 N–H and O–H groups in total. The lowest BCUT2D eigenvalue weighted by molar-refractivity contribution is 0.309. The summed E-state index contributed by atoms with van der Waals surface area (Å²) in [6.07, 6.45) is 0.757. The Morgan fingerprint density at radius 2 is 1.78 bits per heavy atom. The Hall–Kier alpha value is -2.08. The van der Waals surface area contributed by atoms with E-state index in [4.69, 9.17) is 4.74 Å². The van der Waals surface area contributed by atoms with Gasteiger partial charge in [0.25, 0.3) is 10.0 Å². The Balaban J connectivity index is 2.46. The van der Waals surface area contributed by atoms with E-state index in [-0.39, 0.29) is 16.3 Å². The molecule has 0 saturated heterocycles. The standard InChI is InChI=1S/C17H20FNO3S/c1-4-9-22-16-10-12(2)13(3)11-17(16)23(20,21)19-15-8-6-5-7-14(15)18/h5-8,10-11,19H,4,9H2,1-3H3. The number of nitrogens with one attached hydrogen (secondary N) is 1. The van der Waals surface area contributed by atoms with Gasteiger partial charge in [-0.3, -0.25) is 4.72 Å². The van der Waals surface area contributed by atoms with Crippen molar-refractivity contribution in [3.05, 3.63) is 53.3 Å². The van der Waals surface area contributed by atoms with E-state index < -0.39 is 15.8 Å². The maximum atomic E-state index is 13.7. The van der Waals surface area contributed by atoms with Crippen LogP contribution in [0.1, 0.15) is 24.5 Å². The van der Waals surface area contributed by atoms with E-state index in [9.17, 15) is 12.8 Å². The molecule has 4 nitrogen and oxygen atoms in total. The van der Waals surface area contributed by atoms with Gasteiger partial charge in [-0.1, -0.05) is 19.1 Å². The zero-order valence-corrected chi connectivity index (χ0v) is 14.2. The Kier molecular flexibility index (Phi) is 5.26. The summed E-state index contributed by atoms with van der Waals surface area (Å²) in [4.78, 5) is 0.0114. The summed E-state index contributed by atoms with van der Waals surface area (Å²) in [7, 11) is -3.95. The van der Waals surface area contributed by atoms with Crippen molar-refractivity contribution in [3.8, 4) is 5.75 Å². The van der Waals surface area contributed by atoms with E-state index in [0.29, 0.717) is 6.61 Å². The van der Waals surface area contributed by atoms with Gasteiger partial charge in [-0.25, -0.2) is 12.8 Å². The molecule has 0 amide bonds. The molecule has 2 rings (SSSR count). The second-order valence-corrected chi connectivity index (χ2v) is 6.97. The summed E-state index contributed by atoms with van der Waals surface area (Å²) >= 11 is 0. The summed E-state index contributed by atoms with van der Waals surface area (Å²) < 4.78 is 46.9. The number of hydrogen-bond acceptors (Lipinski definition) is 3. The Bertz CT molecular complexity index is 803. The fourth-order valence-corrected chi connectivity index (χ4v) is 3.32. The average molecular weight is 337 g/mol. The molecule has 0 aromatic heterocycles. The maximum absolute atomic E-state index is 13.7. The van der Waals surface area contributed by atoms with Crippen LogP contribution >= 0.6 is 0 Å². The van der Waals surface area contributed by atoms with Gasteiger partial charge >= 0.3 is 0 Å². The normalized spacial score (nSPS) is 11.3. The van der Waals surface area contributed by atoms with Gasteiger partial charge in [0.15, 0.2) is 0 Å². The van der Waals surface area contributed by atoms with Gasteiger partial charge < -0.3 is 4.74 Å². The highest BCUT2D eigenvalue weighted by Crippen LogP contribution is 2.30. The SMILES string of the molecule is CCCOc1cc(C)c(C)cc1S(=O)(=O)Nc1ccccc1F. The van der Waals surface area contributed by atoms with Crippen LogP contribution in [-0.2, 0) is 10.0 Å². The average Bonchev–Trinajstić information content (AvgIpc) is 2.50. The van der Waals surface area contributed by atoms with Crippen LogP contribution in [0.4, 0.5) is 10.1 Å². The summed E-state index contributed by atoms with van der Waals surface area (Å²) in [5.41, 5.74) is 1.66. The molecule has 0 atom stereocenters. The van der Waals surface area contributed by atoms with Gasteiger partial charge in [-0.2, -0.15) is 0 Å². The number of hydrogen-bond donors (Lipinski definition) is 1. The minimum atomic E-state index is -3.95. The van der Waals surface area contributed by atoms with Crippen LogP contribution in [0, 0.1) is 19.7 Å². The smallest absolute Gasteiger partial charge is 0.265 e. The van der Waals surface area contributed by atoms with Crippen molar-refractivity contribution >= 4 is 15.7 Å². The number of para-hydroxylation sites is 1. The third kappa shape index (κ3) is 4.01. The molecule has 0 aliphatic rings. The first kappa shape index (κ1) is 17.3. The lowest BCUT2D eigenvalue weighted by atomic mass is 10.1. The van der Waals surface area contributed by atoms with Gasteiger partial charge in [-0.05, 0) is 55.7 Å². The minimum Gasteiger partial charge on any atom is -0.492 e. The van der Waals surface area contributed by atoms with Crippen molar-refractivity contribution in [2.45, 2.75) is 32.1 Å². The molecule has 6 heteroatoms. The molecule has 124 valence electrons. The van der Waals surface area contributed by atoms with E-state index in [1.807, 2.05) is 20.8 Å². The van der Waals surface area contributed by atoms with Gasteiger partial charge in [0.1, 0.15) is 16.5 Å². The lowest BCUT2D eigenvalue weighted by Gasteiger charge is -2.15. The molecule has 2 aromatic rings. The van der Waals surface area contributed by atoms with Crippen molar-refractivity contribution < 1.29 is 17.5 Å². The molecule has 0 unspecified atom stereocenters. The van der Waals surface area contributed by atoms with Gasteiger partial charge in [-0.15, -0.1) is 0 Å². The molecule has 0 heterocycles. The second-order valence-electron chi connectivity index (χ2n) is 5.32. The van der Waals surface area contributed by atoms with Gasteiger partial charge in [0.2, 0.25) is 0 Å². The van der Waals surface area contributed by atoms with Crippen molar-refractivity contribution in [2.75, 3.05) is 11.3 Å². The quantitative estimate of drug-likeness (QED) is 0.866. The van der Waals surface area contributed by atoms with E-state index >= 15 is 0 Å². The molecule has 0 radical (unpaired) electrons. The second kappa shape index (κ2) is 7.00. The van der Waals surface area contributed by atoms with Crippen molar-refractivity contribution in [3.63, 3.8) is 0 Å². The predicted molar refractivity (Wildman–Crippen MR) is 88.9 cm³/mol. The molecular weight excluding hydrogens is 317 g/mol. The number of ether oxygens (including phenoxy) is 1. The summed E-state index contributed by atoms with van der Waals surface area (Å²) in [5.74, 6) is -0.352. The van der Waals surface area contributed by atoms with Crippen LogP contribution < -0.4 is 9.46 Å². The Labute approximate surface area is 136 Å². The first-order valence-electron chi connectivity index (χ1n) is 7.36. The number of rotatable bonds is 6. The van der Waals surface area contributed by atoms with Gasteiger partial charge in [0.05, 0.1) is 12.3 Å².